The zero-order valence-corrected chi connectivity index (χ0v) is 11.8. The van der Waals surface area contributed by atoms with Gasteiger partial charge in [0, 0.05) is 5.39 Å². The van der Waals surface area contributed by atoms with Crippen molar-refractivity contribution in [3.8, 4) is 0 Å². The highest BCUT2D eigenvalue weighted by Crippen LogP contribution is 2.10. The van der Waals surface area contributed by atoms with Gasteiger partial charge in [-0.1, -0.05) is 24.3 Å². The van der Waals surface area contributed by atoms with E-state index >= 15 is 0 Å². The average Bonchev–Trinajstić information content (AvgIpc) is 2.36. The van der Waals surface area contributed by atoms with Crippen molar-refractivity contribution in [3.63, 3.8) is 0 Å². The van der Waals surface area contributed by atoms with Crippen LogP contribution in [0.5, 0.6) is 0 Å². The zero-order valence-electron chi connectivity index (χ0n) is 11.8. The van der Waals surface area contributed by atoms with E-state index in [1.54, 1.807) is 20.8 Å². The van der Waals surface area contributed by atoms with Gasteiger partial charge in [-0.2, -0.15) is 5.10 Å². The summed E-state index contributed by atoms with van der Waals surface area (Å²) >= 11 is 0. The second-order valence-corrected chi connectivity index (χ2v) is 5.30. The summed E-state index contributed by atoms with van der Waals surface area (Å²) in [4.78, 5) is 15.8. The Kier molecular flexibility index (Phi) is 3.98. The Labute approximate surface area is 117 Å². The van der Waals surface area contributed by atoms with Crippen molar-refractivity contribution in [1.29, 1.82) is 0 Å². The quantitative estimate of drug-likeness (QED) is 0.674. The SMILES string of the molecule is CC(C)(C)OC(=O)NN=Cc1ccc2ccccc2n1. The van der Waals surface area contributed by atoms with Crippen molar-refractivity contribution in [2.24, 2.45) is 5.10 Å². The number of pyridine rings is 1. The van der Waals surface area contributed by atoms with Crippen molar-refractivity contribution in [3.05, 3.63) is 42.1 Å². The molecular formula is C15H17N3O2. The maximum Gasteiger partial charge on any atom is 0.428 e. The second kappa shape index (κ2) is 5.69. The summed E-state index contributed by atoms with van der Waals surface area (Å²) in [5, 5.41) is 4.88. The molecule has 0 saturated carbocycles. The number of fused-ring (bicyclic) bond motifs is 1. The highest BCUT2D eigenvalue weighted by atomic mass is 16.6. The van der Waals surface area contributed by atoms with Crippen LogP contribution in [0.2, 0.25) is 0 Å². The van der Waals surface area contributed by atoms with Crippen LogP contribution in [0.15, 0.2) is 41.5 Å². The first kappa shape index (κ1) is 14.0. The highest BCUT2D eigenvalue weighted by Gasteiger charge is 2.15. The van der Waals surface area contributed by atoms with Gasteiger partial charge in [0.1, 0.15) is 5.60 Å². The van der Waals surface area contributed by atoms with Gasteiger partial charge < -0.3 is 4.74 Å². The molecule has 0 spiro atoms. The average molecular weight is 271 g/mol. The number of amides is 1. The van der Waals surface area contributed by atoms with Crippen LogP contribution in [0.1, 0.15) is 26.5 Å². The predicted molar refractivity (Wildman–Crippen MR) is 78.7 cm³/mol. The third-order valence-corrected chi connectivity index (χ3v) is 2.37. The number of para-hydroxylation sites is 1. The molecular weight excluding hydrogens is 254 g/mol. The lowest BCUT2D eigenvalue weighted by Crippen LogP contribution is -2.29. The number of nitrogens with zero attached hydrogens (tertiary/aromatic N) is 2. The zero-order chi connectivity index (χ0) is 14.6. The van der Waals surface area contributed by atoms with E-state index in [0.717, 1.165) is 10.9 Å². The van der Waals surface area contributed by atoms with E-state index < -0.39 is 11.7 Å². The third kappa shape index (κ3) is 4.05. The van der Waals surface area contributed by atoms with Crippen LogP contribution in [0.25, 0.3) is 10.9 Å². The van der Waals surface area contributed by atoms with Gasteiger partial charge in [-0.15, -0.1) is 0 Å². The molecule has 1 aromatic carbocycles. The van der Waals surface area contributed by atoms with Gasteiger partial charge in [-0.25, -0.2) is 15.2 Å². The van der Waals surface area contributed by atoms with E-state index in [1.807, 2.05) is 36.4 Å². The van der Waals surface area contributed by atoms with Crippen molar-refractivity contribution >= 4 is 23.2 Å². The van der Waals surface area contributed by atoms with Gasteiger partial charge >= 0.3 is 6.09 Å². The Morgan fingerprint density at radius 1 is 1.25 bits per heavy atom. The van der Waals surface area contributed by atoms with E-state index in [4.69, 9.17) is 4.74 Å². The maximum absolute atomic E-state index is 11.4. The summed E-state index contributed by atoms with van der Waals surface area (Å²) in [5.74, 6) is 0. The first-order valence-electron chi connectivity index (χ1n) is 6.32. The number of carbonyl (C=O) groups is 1. The minimum absolute atomic E-state index is 0.541. The first-order chi connectivity index (χ1) is 9.44. The maximum atomic E-state index is 11.4. The van der Waals surface area contributed by atoms with Gasteiger partial charge in [0.15, 0.2) is 0 Å². The lowest BCUT2D eigenvalue weighted by molar-refractivity contribution is 0.0529. The van der Waals surface area contributed by atoms with Crippen molar-refractivity contribution in [2.45, 2.75) is 26.4 Å². The molecule has 5 nitrogen and oxygen atoms in total. The number of ether oxygens (including phenoxy) is 1. The molecule has 5 heteroatoms. The van der Waals surface area contributed by atoms with Crippen LogP contribution in [-0.2, 0) is 4.74 Å². The van der Waals surface area contributed by atoms with Crippen molar-refractivity contribution in [2.75, 3.05) is 0 Å². The molecule has 20 heavy (non-hydrogen) atoms. The summed E-state index contributed by atoms with van der Waals surface area (Å²) in [6, 6.07) is 11.6. The van der Waals surface area contributed by atoms with Crippen LogP contribution >= 0.6 is 0 Å². The number of carbonyl (C=O) groups excluding carboxylic acids is 1. The van der Waals surface area contributed by atoms with Gasteiger partial charge in [0.25, 0.3) is 0 Å². The molecule has 104 valence electrons. The fourth-order valence-corrected chi connectivity index (χ4v) is 1.61. The standard InChI is InChI=1S/C15H17N3O2/c1-15(2,3)20-14(19)18-16-10-12-9-8-11-6-4-5-7-13(11)17-12/h4-10H,1-3H3,(H,18,19). The van der Waals surface area contributed by atoms with Crippen molar-refractivity contribution in [1.82, 2.24) is 10.4 Å². The molecule has 0 aliphatic rings. The molecule has 1 N–H and O–H groups in total. The van der Waals surface area contributed by atoms with Crippen LogP contribution in [0.3, 0.4) is 0 Å². The predicted octanol–water partition coefficient (Wildman–Crippen LogP) is 3.09. The Morgan fingerprint density at radius 3 is 2.75 bits per heavy atom. The number of benzene rings is 1. The molecule has 0 saturated heterocycles. The van der Waals surface area contributed by atoms with E-state index in [0.29, 0.717) is 5.69 Å². The lowest BCUT2D eigenvalue weighted by Gasteiger charge is -2.18. The van der Waals surface area contributed by atoms with Crippen LogP contribution in [-0.4, -0.2) is 22.9 Å². The van der Waals surface area contributed by atoms with Gasteiger partial charge in [0.05, 0.1) is 17.4 Å². The minimum atomic E-state index is -0.588. The van der Waals surface area contributed by atoms with Gasteiger partial charge in [-0.3, -0.25) is 0 Å². The summed E-state index contributed by atoms with van der Waals surface area (Å²) in [5.41, 5.74) is 3.31. The van der Waals surface area contributed by atoms with E-state index in [9.17, 15) is 4.79 Å². The van der Waals surface area contributed by atoms with E-state index in [1.165, 1.54) is 6.21 Å². The Balaban J connectivity index is 2.01. The molecule has 1 amide bonds. The summed E-state index contributed by atoms with van der Waals surface area (Å²) in [6.07, 6.45) is 0.894. The van der Waals surface area contributed by atoms with E-state index in [-0.39, 0.29) is 0 Å². The Morgan fingerprint density at radius 2 is 2.00 bits per heavy atom. The number of nitrogens with one attached hydrogen (secondary N) is 1. The van der Waals surface area contributed by atoms with Crippen LogP contribution in [0, 0.1) is 0 Å². The topological polar surface area (TPSA) is 63.6 Å². The molecule has 0 aliphatic heterocycles. The van der Waals surface area contributed by atoms with E-state index in [2.05, 4.69) is 15.5 Å². The molecule has 0 unspecified atom stereocenters. The minimum Gasteiger partial charge on any atom is -0.443 e. The molecule has 0 bridgehead atoms. The fraction of sp³-hybridized carbons (Fsp3) is 0.267. The molecule has 2 aromatic rings. The first-order valence-corrected chi connectivity index (χ1v) is 6.32. The lowest BCUT2D eigenvalue weighted by atomic mass is 10.2. The highest BCUT2D eigenvalue weighted by molar-refractivity contribution is 5.85. The molecule has 0 aliphatic carbocycles. The number of hydrogen-bond donors (Lipinski definition) is 1. The fourth-order valence-electron chi connectivity index (χ4n) is 1.61. The number of aromatic nitrogens is 1. The van der Waals surface area contributed by atoms with Gasteiger partial charge in [0.2, 0.25) is 0 Å². The number of hydrazone groups is 1. The number of rotatable bonds is 2. The largest absolute Gasteiger partial charge is 0.443 e. The summed E-state index contributed by atoms with van der Waals surface area (Å²) in [6.45, 7) is 5.38. The monoisotopic (exact) mass is 271 g/mol. The van der Waals surface area contributed by atoms with Crippen LogP contribution in [0.4, 0.5) is 4.79 Å². The summed E-state index contributed by atoms with van der Waals surface area (Å²) in [7, 11) is 0. The smallest absolute Gasteiger partial charge is 0.428 e. The molecule has 1 aromatic heterocycles. The summed E-state index contributed by atoms with van der Waals surface area (Å²) < 4.78 is 5.06. The normalized spacial score (nSPS) is 11.8. The molecule has 2 rings (SSSR count). The second-order valence-electron chi connectivity index (χ2n) is 5.30. The molecule has 0 atom stereocenters. The molecule has 0 radical (unpaired) electrons. The Hall–Kier alpha value is -2.43. The number of hydrogen-bond acceptors (Lipinski definition) is 4. The van der Waals surface area contributed by atoms with Crippen LogP contribution < -0.4 is 5.43 Å². The van der Waals surface area contributed by atoms with Gasteiger partial charge in [-0.05, 0) is 32.9 Å². The Bertz CT molecular complexity index is 645. The third-order valence-electron chi connectivity index (χ3n) is 2.37. The molecule has 0 fully saturated rings. The van der Waals surface area contributed by atoms with Crippen molar-refractivity contribution < 1.29 is 9.53 Å². The molecule has 1 heterocycles.